The van der Waals surface area contributed by atoms with E-state index < -0.39 is 5.97 Å². The Bertz CT molecular complexity index is 419. The Morgan fingerprint density at radius 3 is 3.12 bits per heavy atom. The molecule has 4 nitrogen and oxygen atoms in total. The van der Waals surface area contributed by atoms with E-state index in [1.807, 2.05) is 0 Å². The minimum absolute atomic E-state index is 0.392. The van der Waals surface area contributed by atoms with Crippen LogP contribution in [0.5, 0.6) is 0 Å². The van der Waals surface area contributed by atoms with Crippen LogP contribution in [0.3, 0.4) is 0 Å². The molecule has 0 atom stereocenters. The molecule has 0 unspecified atom stereocenters. The van der Waals surface area contributed by atoms with Crippen molar-refractivity contribution >= 4 is 11.8 Å². The standard InChI is InChI=1S/C12H14N2O2/c1-3-4-5-8-13-11-10(12(15)16-2)7-6-9-14-11/h6-7,9H,5,8H2,1-2H3,(H,13,14). The van der Waals surface area contributed by atoms with Crippen molar-refractivity contribution in [2.24, 2.45) is 0 Å². The van der Waals surface area contributed by atoms with Gasteiger partial charge in [-0.1, -0.05) is 0 Å². The van der Waals surface area contributed by atoms with Crippen LogP contribution in [-0.2, 0) is 4.74 Å². The highest BCUT2D eigenvalue weighted by atomic mass is 16.5. The first-order valence-electron chi connectivity index (χ1n) is 4.96. The third-order valence-corrected chi connectivity index (χ3v) is 1.93. The average molecular weight is 218 g/mol. The maximum Gasteiger partial charge on any atom is 0.341 e. The molecule has 0 aliphatic heterocycles. The van der Waals surface area contributed by atoms with Crippen molar-refractivity contribution in [3.63, 3.8) is 0 Å². The number of anilines is 1. The SMILES string of the molecule is CC#CCCNc1ncccc1C(=O)OC. The summed E-state index contributed by atoms with van der Waals surface area (Å²) < 4.78 is 4.66. The molecule has 1 aromatic rings. The van der Waals surface area contributed by atoms with E-state index >= 15 is 0 Å². The Hall–Kier alpha value is -2.02. The van der Waals surface area contributed by atoms with Gasteiger partial charge in [0.15, 0.2) is 0 Å². The first-order chi connectivity index (χ1) is 7.79. The van der Waals surface area contributed by atoms with Crippen LogP contribution in [0.2, 0.25) is 0 Å². The largest absolute Gasteiger partial charge is 0.465 e. The van der Waals surface area contributed by atoms with Gasteiger partial charge in [-0.3, -0.25) is 0 Å². The minimum Gasteiger partial charge on any atom is -0.465 e. The predicted octanol–water partition coefficient (Wildman–Crippen LogP) is 1.69. The number of hydrogen-bond acceptors (Lipinski definition) is 4. The summed E-state index contributed by atoms with van der Waals surface area (Å²) in [7, 11) is 1.35. The fourth-order valence-corrected chi connectivity index (χ4v) is 1.19. The highest BCUT2D eigenvalue weighted by Crippen LogP contribution is 2.12. The van der Waals surface area contributed by atoms with Gasteiger partial charge in [0.2, 0.25) is 0 Å². The summed E-state index contributed by atoms with van der Waals surface area (Å²) in [6, 6.07) is 3.37. The van der Waals surface area contributed by atoms with E-state index in [2.05, 4.69) is 26.9 Å². The number of hydrogen-bond donors (Lipinski definition) is 1. The van der Waals surface area contributed by atoms with E-state index in [1.54, 1.807) is 25.3 Å². The van der Waals surface area contributed by atoms with Crippen molar-refractivity contribution in [3.05, 3.63) is 23.9 Å². The van der Waals surface area contributed by atoms with Crippen LogP contribution in [0.25, 0.3) is 0 Å². The van der Waals surface area contributed by atoms with Crippen LogP contribution < -0.4 is 5.32 Å². The summed E-state index contributed by atoms with van der Waals surface area (Å²) in [4.78, 5) is 15.5. The van der Waals surface area contributed by atoms with Crippen molar-refractivity contribution in [2.45, 2.75) is 13.3 Å². The Labute approximate surface area is 95.0 Å². The van der Waals surface area contributed by atoms with Crippen LogP contribution >= 0.6 is 0 Å². The summed E-state index contributed by atoms with van der Waals surface area (Å²) in [5, 5.41) is 3.05. The molecule has 84 valence electrons. The first kappa shape index (κ1) is 12.1. The molecule has 0 radical (unpaired) electrons. The third-order valence-electron chi connectivity index (χ3n) is 1.93. The van der Waals surface area contributed by atoms with Gasteiger partial charge < -0.3 is 10.1 Å². The zero-order valence-electron chi connectivity index (χ0n) is 9.41. The lowest BCUT2D eigenvalue weighted by atomic mass is 10.2. The van der Waals surface area contributed by atoms with Crippen molar-refractivity contribution in [3.8, 4) is 11.8 Å². The van der Waals surface area contributed by atoms with Crippen LogP contribution in [0.4, 0.5) is 5.82 Å². The number of carbonyl (C=O) groups is 1. The van der Waals surface area contributed by atoms with Gasteiger partial charge >= 0.3 is 5.97 Å². The van der Waals surface area contributed by atoms with Crippen LogP contribution in [0, 0.1) is 11.8 Å². The van der Waals surface area contributed by atoms with E-state index in [4.69, 9.17) is 0 Å². The van der Waals surface area contributed by atoms with Crippen LogP contribution in [0.15, 0.2) is 18.3 Å². The maximum atomic E-state index is 11.4. The number of pyridine rings is 1. The second-order valence-corrected chi connectivity index (χ2v) is 2.99. The second kappa shape index (κ2) is 6.46. The summed E-state index contributed by atoms with van der Waals surface area (Å²) in [6.45, 7) is 2.45. The molecule has 1 heterocycles. The van der Waals surface area contributed by atoms with Crippen molar-refractivity contribution in [1.29, 1.82) is 0 Å². The topological polar surface area (TPSA) is 51.2 Å². The lowest BCUT2D eigenvalue weighted by Gasteiger charge is -2.07. The lowest BCUT2D eigenvalue weighted by molar-refractivity contribution is 0.0601. The minimum atomic E-state index is -0.392. The molecule has 0 spiro atoms. The number of ether oxygens (including phenoxy) is 1. The molecule has 0 saturated carbocycles. The molecular weight excluding hydrogens is 204 g/mol. The van der Waals surface area contributed by atoms with Gasteiger partial charge in [-0.05, 0) is 19.1 Å². The van der Waals surface area contributed by atoms with E-state index in [9.17, 15) is 4.79 Å². The Balaban J connectivity index is 2.70. The zero-order valence-corrected chi connectivity index (χ0v) is 9.41. The summed E-state index contributed by atoms with van der Waals surface area (Å²) in [5.41, 5.74) is 0.439. The van der Waals surface area contributed by atoms with Gasteiger partial charge in [-0.2, -0.15) is 0 Å². The molecule has 0 saturated heterocycles. The zero-order chi connectivity index (χ0) is 11.8. The van der Waals surface area contributed by atoms with Gasteiger partial charge in [0.1, 0.15) is 11.4 Å². The smallest absolute Gasteiger partial charge is 0.341 e. The molecule has 4 heteroatoms. The fourth-order valence-electron chi connectivity index (χ4n) is 1.19. The number of carbonyl (C=O) groups excluding carboxylic acids is 1. The molecule has 16 heavy (non-hydrogen) atoms. The number of nitrogens with one attached hydrogen (secondary N) is 1. The van der Waals surface area contributed by atoms with Crippen LogP contribution in [-0.4, -0.2) is 24.6 Å². The monoisotopic (exact) mass is 218 g/mol. The number of aromatic nitrogens is 1. The highest BCUT2D eigenvalue weighted by molar-refractivity contribution is 5.94. The Morgan fingerprint density at radius 1 is 1.62 bits per heavy atom. The Morgan fingerprint density at radius 2 is 2.44 bits per heavy atom. The molecule has 0 aromatic carbocycles. The van der Waals surface area contributed by atoms with Gasteiger partial charge in [-0.25, -0.2) is 9.78 Å². The lowest BCUT2D eigenvalue weighted by Crippen LogP contribution is -2.10. The van der Waals surface area contributed by atoms with E-state index in [-0.39, 0.29) is 0 Å². The van der Waals surface area contributed by atoms with Gasteiger partial charge in [0.05, 0.1) is 7.11 Å². The van der Waals surface area contributed by atoms with Crippen LogP contribution in [0.1, 0.15) is 23.7 Å². The first-order valence-corrected chi connectivity index (χ1v) is 4.96. The van der Waals surface area contributed by atoms with E-state index in [0.29, 0.717) is 24.3 Å². The number of nitrogens with zero attached hydrogens (tertiary/aromatic N) is 1. The average Bonchev–Trinajstić information content (AvgIpc) is 2.34. The number of esters is 1. The quantitative estimate of drug-likeness (QED) is 0.474. The molecule has 1 aromatic heterocycles. The van der Waals surface area contributed by atoms with Crippen molar-refractivity contribution in [2.75, 3.05) is 19.0 Å². The molecule has 0 aliphatic rings. The normalized spacial score (nSPS) is 8.88. The fraction of sp³-hybridized carbons (Fsp3) is 0.333. The number of rotatable bonds is 4. The van der Waals surface area contributed by atoms with Gasteiger partial charge in [0, 0.05) is 19.2 Å². The molecule has 0 amide bonds. The van der Waals surface area contributed by atoms with Gasteiger partial charge in [-0.15, -0.1) is 11.8 Å². The molecule has 0 aliphatic carbocycles. The molecular formula is C12H14N2O2. The summed E-state index contributed by atoms with van der Waals surface area (Å²) in [5.74, 6) is 5.87. The second-order valence-electron chi connectivity index (χ2n) is 2.99. The van der Waals surface area contributed by atoms with Gasteiger partial charge in [0.25, 0.3) is 0 Å². The van der Waals surface area contributed by atoms with Crippen molar-refractivity contribution in [1.82, 2.24) is 4.98 Å². The molecule has 0 bridgehead atoms. The Kier molecular flexibility index (Phi) is 4.87. The third kappa shape index (κ3) is 3.28. The summed E-state index contributed by atoms with van der Waals surface area (Å²) in [6.07, 6.45) is 2.34. The molecule has 0 fully saturated rings. The van der Waals surface area contributed by atoms with Crippen molar-refractivity contribution < 1.29 is 9.53 Å². The number of methoxy groups -OCH3 is 1. The highest BCUT2D eigenvalue weighted by Gasteiger charge is 2.11. The van der Waals surface area contributed by atoms with E-state index in [1.165, 1.54) is 7.11 Å². The van der Waals surface area contributed by atoms with E-state index in [0.717, 1.165) is 0 Å². The maximum absolute atomic E-state index is 11.4. The molecule has 1 rings (SSSR count). The molecule has 1 N–H and O–H groups in total. The predicted molar refractivity (Wildman–Crippen MR) is 62.1 cm³/mol. The summed E-state index contributed by atoms with van der Waals surface area (Å²) >= 11 is 0.